The molecule has 5 nitrogen and oxygen atoms in total. The topological polar surface area (TPSA) is 91.7 Å². The first kappa shape index (κ1) is 20.3. The number of hydrogen-bond donors (Lipinski definition) is 2. The Morgan fingerprint density at radius 1 is 1.26 bits per heavy atom. The highest BCUT2D eigenvalue weighted by molar-refractivity contribution is 6.67. The van der Waals surface area contributed by atoms with Gasteiger partial charge in [-0.25, -0.2) is 4.39 Å². The summed E-state index contributed by atoms with van der Waals surface area (Å²) >= 11 is 0. The molecule has 2 aromatic carbocycles. The second kappa shape index (κ2) is 9.64. The van der Waals surface area contributed by atoms with Crippen LogP contribution in [0, 0.1) is 24.1 Å². The average Bonchev–Trinajstić information content (AvgIpc) is 2.66. The van der Waals surface area contributed by atoms with Crippen LogP contribution in [-0.2, 0) is 4.79 Å². The van der Waals surface area contributed by atoms with Gasteiger partial charge in [-0.2, -0.15) is 0 Å². The number of aliphatic imine (C=N–C) groups is 2. The van der Waals surface area contributed by atoms with Crippen molar-refractivity contribution in [3.8, 4) is 0 Å². The van der Waals surface area contributed by atoms with Crippen LogP contribution in [0.4, 0.5) is 15.8 Å². The predicted octanol–water partition coefficient (Wildman–Crippen LogP) is 4.18. The van der Waals surface area contributed by atoms with Crippen LogP contribution in [0.5, 0.6) is 0 Å². The molecule has 0 saturated carbocycles. The number of ketones is 1. The Labute approximate surface area is 158 Å². The number of halogens is 1. The van der Waals surface area contributed by atoms with Crippen molar-refractivity contribution in [1.82, 2.24) is 0 Å². The molecule has 0 heterocycles. The smallest absolute Gasteiger partial charge is 0.190 e. The van der Waals surface area contributed by atoms with Gasteiger partial charge < -0.3 is 5.73 Å². The predicted molar refractivity (Wildman–Crippen MR) is 108 cm³/mol. The maximum absolute atomic E-state index is 13.9. The van der Waals surface area contributed by atoms with Crippen LogP contribution in [-0.4, -0.2) is 30.0 Å². The third kappa shape index (κ3) is 5.76. The number of nitrogens with one attached hydrogen (secondary N) is 1. The highest BCUT2D eigenvalue weighted by Crippen LogP contribution is 2.19. The summed E-state index contributed by atoms with van der Waals surface area (Å²) in [6.07, 6.45) is 1.67. The number of para-hydroxylation sites is 1. The molecule has 0 aliphatic heterocycles. The van der Waals surface area contributed by atoms with Gasteiger partial charge in [0, 0.05) is 12.6 Å². The van der Waals surface area contributed by atoms with Crippen molar-refractivity contribution in [3.63, 3.8) is 0 Å². The van der Waals surface area contributed by atoms with Crippen molar-refractivity contribution >= 4 is 34.8 Å². The summed E-state index contributed by atoms with van der Waals surface area (Å²) in [4.78, 5) is 21.0. The van der Waals surface area contributed by atoms with E-state index in [2.05, 4.69) is 9.98 Å². The summed E-state index contributed by atoms with van der Waals surface area (Å²) in [6.45, 7) is 3.68. The Bertz CT molecular complexity index is 875. The number of Topliss-reactive ketones (excluding diaryl/α,β-unsaturated/α-hetero) is 1. The van der Waals surface area contributed by atoms with E-state index in [1.165, 1.54) is 12.3 Å². The Kier molecular flexibility index (Phi) is 7.25. The van der Waals surface area contributed by atoms with E-state index < -0.39 is 17.5 Å². The molecule has 0 aromatic heterocycles. The Morgan fingerprint density at radius 3 is 2.59 bits per heavy atom. The van der Waals surface area contributed by atoms with Gasteiger partial charge in [0.25, 0.3) is 0 Å². The van der Waals surface area contributed by atoms with E-state index in [1.54, 1.807) is 38.1 Å². The zero-order valence-electron chi connectivity index (χ0n) is 15.4. The molecule has 27 heavy (non-hydrogen) atoms. The van der Waals surface area contributed by atoms with E-state index >= 15 is 0 Å². The van der Waals surface area contributed by atoms with Gasteiger partial charge in [0.2, 0.25) is 0 Å². The maximum atomic E-state index is 13.9. The molecule has 0 saturated heterocycles. The maximum Gasteiger partial charge on any atom is 0.190 e. The lowest BCUT2D eigenvalue weighted by Crippen LogP contribution is -2.30. The minimum absolute atomic E-state index is 0.159. The van der Waals surface area contributed by atoms with E-state index in [1.807, 2.05) is 18.2 Å². The standard InChI is InChI=1S/C21H23FN4O/c1-14-8-9-18(17(22)12-14)25-13-15(2)21(27)20(24)19(10-11-23)26-16-6-4-3-5-7-16/h3-9,12-13,15,24H,10-11,23H2,1-2H3. The first-order valence-corrected chi connectivity index (χ1v) is 8.68. The number of carbonyl (C=O) groups excluding carboxylic acids is 1. The molecule has 0 spiro atoms. The average molecular weight is 366 g/mol. The minimum atomic E-state index is -0.683. The van der Waals surface area contributed by atoms with Gasteiger partial charge >= 0.3 is 0 Å². The van der Waals surface area contributed by atoms with Crippen LogP contribution >= 0.6 is 0 Å². The van der Waals surface area contributed by atoms with Gasteiger partial charge in [0.05, 0.1) is 23.0 Å². The molecule has 0 fully saturated rings. The second-order valence-electron chi connectivity index (χ2n) is 6.19. The number of nitrogens with two attached hydrogens (primary N) is 1. The Balaban J connectivity index is 2.16. The highest BCUT2D eigenvalue weighted by atomic mass is 19.1. The highest BCUT2D eigenvalue weighted by Gasteiger charge is 2.21. The molecule has 0 aliphatic carbocycles. The van der Waals surface area contributed by atoms with Gasteiger partial charge in [-0.1, -0.05) is 31.2 Å². The quantitative estimate of drug-likeness (QED) is 0.686. The summed E-state index contributed by atoms with van der Waals surface area (Å²) in [5, 5.41) is 8.22. The van der Waals surface area contributed by atoms with Gasteiger partial charge in [0.15, 0.2) is 5.78 Å². The number of aryl methyl sites for hydroxylation is 1. The second-order valence-corrected chi connectivity index (χ2v) is 6.19. The number of rotatable bonds is 8. The third-order valence-corrected chi connectivity index (χ3v) is 3.89. The van der Waals surface area contributed by atoms with Crippen LogP contribution in [0.25, 0.3) is 0 Å². The van der Waals surface area contributed by atoms with Crippen LogP contribution in [0.15, 0.2) is 58.5 Å². The molecule has 140 valence electrons. The van der Waals surface area contributed by atoms with Gasteiger partial charge in [-0.05, 0) is 43.3 Å². The SMILES string of the molecule is Cc1ccc(N=CC(C)C(=O)C(=N)C(CCN)=Nc2ccccc2)c(F)c1. The lowest BCUT2D eigenvalue weighted by atomic mass is 9.98. The Hall–Kier alpha value is -2.99. The number of hydrogen-bond acceptors (Lipinski definition) is 5. The van der Waals surface area contributed by atoms with Crippen LogP contribution < -0.4 is 5.73 Å². The van der Waals surface area contributed by atoms with Crippen molar-refractivity contribution in [2.45, 2.75) is 20.3 Å². The zero-order valence-corrected chi connectivity index (χ0v) is 15.4. The summed E-state index contributed by atoms with van der Waals surface area (Å²) in [6, 6.07) is 13.8. The van der Waals surface area contributed by atoms with Gasteiger partial charge in [-0.15, -0.1) is 0 Å². The van der Waals surface area contributed by atoms with E-state index in [4.69, 9.17) is 11.1 Å². The molecular formula is C21H23FN4O. The fourth-order valence-electron chi connectivity index (χ4n) is 2.38. The first-order chi connectivity index (χ1) is 12.9. The summed E-state index contributed by atoms with van der Waals surface area (Å²) in [5.41, 5.74) is 7.34. The van der Waals surface area contributed by atoms with Crippen LogP contribution in [0.1, 0.15) is 18.9 Å². The molecule has 2 rings (SSSR count). The molecule has 0 amide bonds. The molecule has 0 aliphatic rings. The minimum Gasteiger partial charge on any atom is -0.330 e. The summed E-state index contributed by atoms with van der Waals surface area (Å²) < 4.78 is 13.9. The van der Waals surface area contributed by atoms with E-state index in [-0.39, 0.29) is 17.9 Å². The largest absolute Gasteiger partial charge is 0.330 e. The summed E-state index contributed by atoms with van der Waals surface area (Å²) in [5.74, 6) is -1.57. The zero-order chi connectivity index (χ0) is 19.8. The molecule has 2 aromatic rings. The number of carbonyl (C=O) groups is 1. The van der Waals surface area contributed by atoms with Crippen molar-refractivity contribution in [3.05, 3.63) is 59.9 Å². The van der Waals surface area contributed by atoms with E-state index in [0.717, 1.165) is 5.56 Å². The molecule has 3 N–H and O–H groups in total. The Morgan fingerprint density at radius 2 is 1.96 bits per heavy atom. The normalized spacial score (nSPS) is 13.0. The monoisotopic (exact) mass is 366 g/mol. The van der Waals surface area contributed by atoms with Crippen molar-refractivity contribution < 1.29 is 9.18 Å². The fourth-order valence-corrected chi connectivity index (χ4v) is 2.38. The van der Waals surface area contributed by atoms with E-state index in [0.29, 0.717) is 17.8 Å². The first-order valence-electron chi connectivity index (χ1n) is 8.68. The van der Waals surface area contributed by atoms with Crippen molar-refractivity contribution in [2.75, 3.05) is 6.54 Å². The number of benzene rings is 2. The summed E-state index contributed by atoms with van der Waals surface area (Å²) in [7, 11) is 0. The van der Waals surface area contributed by atoms with Crippen LogP contribution in [0.2, 0.25) is 0 Å². The molecule has 0 bridgehead atoms. The number of nitrogens with zero attached hydrogens (tertiary/aromatic N) is 2. The fraction of sp³-hybridized carbons (Fsp3) is 0.238. The lowest BCUT2D eigenvalue weighted by Gasteiger charge is -2.09. The molecule has 0 radical (unpaired) electrons. The van der Waals surface area contributed by atoms with Crippen molar-refractivity contribution in [2.24, 2.45) is 21.6 Å². The van der Waals surface area contributed by atoms with E-state index in [9.17, 15) is 9.18 Å². The third-order valence-electron chi connectivity index (χ3n) is 3.89. The lowest BCUT2D eigenvalue weighted by molar-refractivity contribution is -0.114. The molecule has 1 unspecified atom stereocenters. The molecular weight excluding hydrogens is 343 g/mol. The van der Waals surface area contributed by atoms with Crippen LogP contribution in [0.3, 0.4) is 0 Å². The van der Waals surface area contributed by atoms with Gasteiger partial charge in [0.1, 0.15) is 11.5 Å². The molecule has 1 atom stereocenters. The molecule has 6 heteroatoms. The van der Waals surface area contributed by atoms with Crippen molar-refractivity contribution in [1.29, 1.82) is 5.41 Å². The van der Waals surface area contributed by atoms with Gasteiger partial charge in [-0.3, -0.25) is 20.2 Å².